The van der Waals surface area contributed by atoms with Gasteiger partial charge in [-0.15, -0.1) is 10.2 Å². The molecule has 9 rings (SSSR count). The summed E-state index contributed by atoms with van der Waals surface area (Å²) in [5.41, 5.74) is 8.33. The lowest BCUT2D eigenvalue weighted by Crippen LogP contribution is -2.11. The van der Waals surface area contributed by atoms with Gasteiger partial charge in [-0.3, -0.25) is 9.55 Å². The number of nitrogens with zero attached hydrogens (tertiary/aromatic N) is 7. The van der Waals surface area contributed by atoms with Crippen LogP contribution >= 0.6 is 0 Å². The topological polar surface area (TPSA) is 64.7 Å². The average molecular weight is 632 g/mol. The molecule has 7 heteroatoms. The van der Waals surface area contributed by atoms with Crippen LogP contribution in [0.4, 0.5) is 17.1 Å². The minimum atomic E-state index is 0.696. The number of benzene rings is 5. The van der Waals surface area contributed by atoms with E-state index >= 15 is 0 Å². The highest BCUT2D eigenvalue weighted by Gasteiger charge is 2.20. The Bertz CT molecular complexity index is 2410. The van der Waals surface area contributed by atoms with Crippen LogP contribution < -0.4 is 4.90 Å². The summed E-state index contributed by atoms with van der Waals surface area (Å²) in [6.07, 6.45) is 5.43. The minimum absolute atomic E-state index is 0.696. The van der Waals surface area contributed by atoms with Crippen molar-refractivity contribution in [1.82, 2.24) is 29.3 Å². The summed E-state index contributed by atoms with van der Waals surface area (Å²) in [4.78, 5) is 11.4. The molecule has 0 aliphatic rings. The molecule has 0 N–H and O–H groups in total. The first-order valence-corrected chi connectivity index (χ1v) is 16.1. The first-order valence-electron chi connectivity index (χ1n) is 16.1. The minimum Gasteiger partial charge on any atom is -0.309 e. The monoisotopic (exact) mass is 631 g/mol. The summed E-state index contributed by atoms with van der Waals surface area (Å²) in [5, 5.41) is 11.7. The molecule has 232 valence electrons. The number of fused-ring (bicyclic) bond motifs is 3. The molecule has 0 aliphatic carbocycles. The highest BCUT2D eigenvalue weighted by molar-refractivity contribution is 6.09. The molecule has 5 aromatic carbocycles. The number of rotatable bonds is 7. The van der Waals surface area contributed by atoms with E-state index < -0.39 is 0 Å². The number of hydrogen-bond donors (Lipinski definition) is 0. The molecule has 0 saturated carbocycles. The SMILES string of the molecule is c1ccc(-c2nnc(-c3ccncc3)n2-c2ccc(N(c3ccccc3)c3ccc(-n4c5ccccc5c5ccccc54)cc3)cn2)cc1. The van der Waals surface area contributed by atoms with E-state index in [0.717, 1.165) is 33.9 Å². The third kappa shape index (κ3) is 5.01. The molecule has 0 saturated heterocycles. The zero-order valence-corrected chi connectivity index (χ0v) is 26.4. The van der Waals surface area contributed by atoms with E-state index in [1.54, 1.807) is 12.4 Å². The van der Waals surface area contributed by atoms with Crippen LogP contribution in [-0.2, 0) is 0 Å². The molecule has 49 heavy (non-hydrogen) atoms. The molecular formula is C42H29N7. The van der Waals surface area contributed by atoms with Crippen LogP contribution in [0.3, 0.4) is 0 Å². The van der Waals surface area contributed by atoms with Crippen LogP contribution in [0.2, 0.25) is 0 Å². The van der Waals surface area contributed by atoms with Crippen LogP contribution in [0.25, 0.3) is 56.1 Å². The van der Waals surface area contributed by atoms with Crippen molar-refractivity contribution in [3.8, 4) is 34.3 Å². The van der Waals surface area contributed by atoms with Gasteiger partial charge in [0.05, 0.1) is 22.9 Å². The van der Waals surface area contributed by atoms with E-state index in [9.17, 15) is 0 Å². The second kappa shape index (κ2) is 12.1. The van der Waals surface area contributed by atoms with Crippen LogP contribution in [0.15, 0.2) is 176 Å². The van der Waals surface area contributed by atoms with Crippen molar-refractivity contribution in [3.05, 3.63) is 176 Å². The second-order valence-corrected chi connectivity index (χ2v) is 11.7. The lowest BCUT2D eigenvalue weighted by atomic mass is 10.2. The van der Waals surface area contributed by atoms with E-state index in [2.05, 4.69) is 128 Å². The maximum Gasteiger partial charge on any atom is 0.170 e. The van der Waals surface area contributed by atoms with Crippen LogP contribution in [0.5, 0.6) is 0 Å². The van der Waals surface area contributed by atoms with Gasteiger partial charge in [0.15, 0.2) is 11.6 Å². The van der Waals surface area contributed by atoms with Gasteiger partial charge in [-0.2, -0.15) is 0 Å². The Labute approximate surface area is 283 Å². The fourth-order valence-corrected chi connectivity index (χ4v) is 6.58. The van der Waals surface area contributed by atoms with Crippen LogP contribution in [0.1, 0.15) is 0 Å². The molecule has 0 radical (unpaired) electrons. The Hall–Kier alpha value is -6.86. The Kier molecular flexibility index (Phi) is 6.98. The van der Waals surface area contributed by atoms with E-state index in [1.807, 2.05) is 65.4 Å². The van der Waals surface area contributed by atoms with E-state index in [4.69, 9.17) is 4.98 Å². The molecule has 0 unspecified atom stereocenters. The zero-order chi connectivity index (χ0) is 32.6. The van der Waals surface area contributed by atoms with Crippen molar-refractivity contribution in [2.45, 2.75) is 0 Å². The molecule has 7 nitrogen and oxygen atoms in total. The summed E-state index contributed by atoms with van der Waals surface area (Å²) in [6.45, 7) is 0. The number of anilines is 3. The molecule has 9 aromatic rings. The molecule has 0 fully saturated rings. The lowest BCUT2D eigenvalue weighted by Gasteiger charge is -2.25. The largest absolute Gasteiger partial charge is 0.309 e. The predicted molar refractivity (Wildman–Crippen MR) is 197 cm³/mol. The number of aromatic nitrogens is 6. The maximum absolute atomic E-state index is 5.01. The highest BCUT2D eigenvalue weighted by atomic mass is 15.3. The molecule has 0 amide bonds. The smallest absolute Gasteiger partial charge is 0.170 e. The van der Waals surface area contributed by atoms with Gasteiger partial charge in [0, 0.05) is 51.4 Å². The Balaban J connectivity index is 1.13. The van der Waals surface area contributed by atoms with Gasteiger partial charge in [-0.25, -0.2) is 4.98 Å². The van der Waals surface area contributed by atoms with Crippen LogP contribution in [0, 0.1) is 0 Å². The van der Waals surface area contributed by atoms with Crippen molar-refractivity contribution in [2.75, 3.05) is 4.90 Å². The van der Waals surface area contributed by atoms with Crippen molar-refractivity contribution in [1.29, 1.82) is 0 Å². The Morgan fingerprint density at radius 1 is 0.429 bits per heavy atom. The quantitative estimate of drug-likeness (QED) is 0.175. The predicted octanol–water partition coefficient (Wildman–Crippen LogP) is 9.96. The van der Waals surface area contributed by atoms with Crippen molar-refractivity contribution in [3.63, 3.8) is 0 Å². The van der Waals surface area contributed by atoms with Crippen LogP contribution in [-0.4, -0.2) is 29.3 Å². The van der Waals surface area contributed by atoms with E-state index in [-0.39, 0.29) is 0 Å². The number of pyridine rings is 2. The fourth-order valence-electron chi connectivity index (χ4n) is 6.58. The first kappa shape index (κ1) is 28.4. The Morgan fingerprint density at radius 2 is 0.959 bits per heavy atom. The van der Waals surface area contributed by atoms with Gasteiger partial charge in [0.1, 0.15) is 5.82 Å². The van der Waals surface area contributed by atoms with Gasteiger partial charge in [0.25, 0.3) is 0 Å². The van der Waals surface area contributed by atoms with Gasteiger partial charge in [-0.05, 0) is 72.8 Å². The average Bonchev–Trinajstić information content (AvgIpc) is 3.77. The number of hydrogen-bond acceptors (Lipinski definition) is 5. The van der Waals surface area contributed by atoms with Gasteiger partial charge < -0.3 is 9.47 Å². The van der Waals surface area contributed by atoms with Gasteiger partial charge in [-0.1, -0.05) is 84.9 Å². The molecule has 0 bridgehead atoms. The third-order valence-corrected chi connectivity index (χ3v) is 8.81. The van der Waals surface area contributed by atoms with Crippen molar-refractivity contribution in [2.24, 2.45) is 0 Å². The van der Waals surface area contributed by atoms with Gasteiger partial charge in [0.2, 0.25) is 0 Å². The molecule has 0 aliphatic heterocycles. The molecule has 4 aromatic heterocycles. The number of para-hydroxylation sites is 3. The standard InChI is InChI=1S/C42H29N7/c1-3-11-30(12-4-1)41-45-46-42(31-25-27-43-28-26-31)49(41)40-24-23-35(29-44-40)47(32-13-5-2-6-14-32)33-19-21-34(22-20-33)48-38-17-9-7-15-36(38)37-16-8-10-18-39(37)48/h1-29H. The van der Waals surface area contributed by atoms with Gasteiger partial charge >= 0.3 is 0 Å². The normalized spacial score (nSPS) is 11.3. The summed E-state index contributed by atoms with van der Waals surface area (Å²) >= 11 is 0. The van der Waals surface area contributed by atoms with Crippen molar-refractivity contribution < 1.29 is 0 Å². The third-order valence-electron chi connectivity index (χ3n) is 8.81. The molecule has 0 atom stereocenters. The van der Waals surface area contributed by atoms with E-state index in [0.29, 0.717) is 17.5 Å². The summed E-state index contributed by atoms with van der Waals surface area (Å²) in [5.74, 6) is 2.13. The molecule has 0 spiro atoms. The summed E-state index contributed by atoms with van der Waals surface area (Å²) < 4.78 is 4.34. The molecular weight excluding hydrogens is 603 g/mol. The fraction of sp³-hybridized carbons (Fsp3) is 0. The lowest BCUT2D eigenvalue weighted by molar-refractivity contribution is 1.00. The second-order valence-electron chi connectivity index (χ2n) is 11.7. The Morgan fingerprint density at radius 3 is 1.57 bits per heavy atom. The van der Waals surface area contributed by atoms with Crippen molar-refractivity contribution >= 4 is 38.9 Å². The summed E-state index contributed by atoms with van der Waals surface area (Å²) in [7, 11) is 0. The molecule has 4 heterocycles. The zero-order valence-electron chi connectivity index (χ0n) is 26.4. The highest BCUT2D eigenvalue weighted by Crippen LogP contribution is 2.37. The van der Waals surface area contributed by atoms with E-state index in [1.165, 1.54) is 21.8 Å². The first-order chi connectivity index (χ1) is 24.3. The maximum atomic E-state index is 5.01. The summed E-state index contributed by atoms with van der Waals surface area (Å²) in [6, 6.07) is 54.3.